The molecule has 1 aromatic rings. The molecule has 4 nitrogen and oxygen atoms in total. The maximum absolute atomic E-state index is 11.4. The van der Waals surface area contributed by atoms with Crippen LogP contribution in [0.4, 0.5) is 0 Å². The van der Waals surface area contributed by atoms with Crippen molar-refractivity contribution in [1.82, 2.24) is 4.72 Å². The summed E-state index contributed by atoms with van der Waals surface area (Å²) < 4.78 is 25.3. The van der Waals surface area contributed by atoms with E-state index >= 15 is 0 Å². The van der Waals surface area contributed by atoms with Crippen LogP contribution >= 0.6 is 0 Å². The molecule has 1 aromatic carbocycles. The van der Waals surface area contributed by atoms with Gasteiger partial charge in [-0.3, -0.25) is 0 Å². The van der Waals surface area contributed by atoms with Crippen LogP contribution in [0.1, 0.15) is 18.9 Å². The van der Waals surface area contributed by atoms with Crippen molar-refractivity contribution in [2.75, 3.05) is 12.4 Å². The molecule has 1 rings (SSSR count). The maximum Gasteiger partial charge on any atom is 0.214 e. The third kappa shape index (κ3) is 5.81. The molecule has 0 fully saturated rings. The average molecular weight is 257 g/mol. The van der Waals surface area contributed by atoms with Gasteiger partial charge in [-0.25, -0.2) is 13.1 Å². The molecular weight excluding hydrogens is 238 g/mol. The summed E-state index contributed by atoms with van der Waals surface area (Å²) in [6.45, 7) is 1.48. The van der Waals surface area contributed by atoms with E-state index in [0.717, 1.165) is 12.8 Å². The van der Waals surface area contributed by atoms with Gasteiger partial charge in [-0.1, -0.05) is 30.3 Å². The van der Waals surface area contributed by atoms with Gasteiger partial charge in [0.15, 0.2) is 0 Å². The molecule has 0 amide bonds. The minimum absolute atomic E-state index is 0.119. The molecule has 0 bridgehead atoms. The Kier molecular flexibility index (Phi) is 5.61. The molecule has 2 N–H and O–H groups in total. The highest BCUT2D eigenvalue weighted by atomic mass is 32.2. The molecule has 1 unspecified atom stereocenters. The second-order valence-corrected chi connectivity index (χ2v) is 5.96. The van der Waals surface area contributed by atoms with Gasteiger partial charge < -0.3 is 5.11 Å². The Morgan fingerprint density at radius 3 is 2.53 bits per heavy atom. The monoisotopic (exact) mass is 257 g/mol. The van der Waals surface area contributed by atoms with E-state index in [1.54, 1.807) is 0 Å². The Labute approximate surface area is 103 Å². The number of hydrogen-bond donors (Lipinski definition) is 2. The predicted molar refractivity (Wildman–Crippen MR) is 68.2 cm³/mol. The van der Waals surface area contributed by atoms with Gasteiger partial charge >= 0.3 is 0 Å². The van der Waals surface area contributed by atoms with E-state index in [0.29, 0.717) is 0 Å². The number of aliphatic hydroxyl groups is 1. The average Bonchev–Trinajstić information content (AvgIpc) is 2.27. The lowest BCUT2D eigenvalue weighted by Gasteiger charge is -2.13. The van der Waals surface area contributed by atoms with Crippen molar-refractivity contribution in [2.24, 2.45) is 0 Å². The lowest BCUT2D eigenvalue weighted by Crippen LogP contribution is -2.35. The lowest BCUT2D eigenvalue weighted by molar-refractivity contribution is 0.319. The van der Waals surface area contributed by atoms with Gasteiger partial charge in [0.2, 0.25) is 10.0 Å². The number of benzene rings is 1. The fourth-order valence-corrected chi connectivity index (χ4v) is 2.66. The zero-order valence-electron chi connectivity index (χ0n) is 9.96. The highest BCUT2D eigenvalue weighted by molar-refractivity contribution is 7.89. The molecule has 0 radical (unpaired) electrons. The van der Waals surface area contributed by atoms with Crippen molar-refractivity contribution in [1.29, 1.82) is 0 Å². The van der Waals surface area contributed by atoms with Crippen LogP contribution in [0, 0.1) is 0 Å². The van der Waals surface area contributed by atoms with Crippen LogP contribution < -0.4 is 4.72 Å². The predicted octanol–water partition coefficient (Wildman–Crippen LogP) is 0.919. The summed E-state index contributed by atoms with van der Waals surface area (Å²) in [5, 5.41) is 8.60. The summed E-state index contributed by atoms with van der Waals surface area (Å²) in [4.78, 5) is 0. The molecular formula is C12H19NO3S. The van der Waals surface area contributed by atoms with Crippen molar-refractivity contribution in [3.05, 3.63) is 35.9 Å². The molecule has 0 saturated carbocycles. The second-order valence-electron chi connectivity index (χ2n) is 4.09. The fraction of sp³-hybridized carbons (Fsp3) is 0.500. The zero-order chi connectivity index (χ0) is 12.7. The number of rotatable bonds is 7. The van der Waals surface area contributed by atoms with E-state index in [2.05, 4.69) is 4.72 Å². The third-order valence-electron chi connectivity index (χ3n) is 2.45. The first-order valence-electron chi connectivity index (χ1n) is 5.68. The molecule has 0 aromatic heterocycles. The minimum atomic E-state index is -3.34. The Morgan fingerprint density at radius 2 is 1.94 bits per heavy atom. The van der Waals surface area contributed by atoms with Crippen molar-refractivity contribution >= 4 is 10.0 Å². The van der Waals surface area contributed by atoms with Crippen molar-refractivity contribution in [3.8, 4) is 0 Å². The summed E-state index contributed by atoms with van der Waals surface area (Å²) in [5.74, 6) is -0.233. The molecule has 5 heteroatoms. The van der Waals surface area contributed by atoms with E-state index in [-0.39, 0.29) is 18.4 Å². The number of nitrogens with one attached hydrogen (secondary N) is 1. The third-order valence-corrected chi connectivity index (χ3v) is 3.93. The Bertz CT molecular complexity index is 417. The highest BCUT2D eigenvalue weighted by Crippen LogP contribution is 2.05. The van der Waals surface area contributed by atoms with E-state index < -0.39 is 10.0 Å². The molecule has 96 valence electrons. The van der Waals surface area contributed by atoms with Crippen LogP contribution in [0.3, 0.4) is 0 Å². The van der Waals surface area contributed by atoms with Crippen molar-refractivity contribution < 1.29 is 13.5 Å². The maximum atomic E-state index is 11.4. The molecule has 0 aliphatic rings. The number of sulfonamides is 1. The molecule has 0 saturated heterocycles. The number of aliphatic hydroxyl groups excluding tert-OH is 1. The topological polar surface area (TPSA) is 66.4 Å². The van der Waals surface area contributed by atoms with E-state index in [4.69, 9.17) is 5.11 Å². The van der Waals surface area contributed by atoms with Crippen molar-refractivity contribution in [2.45, 2.75) is 25.8 Å². The lowest BCUT2D eigenvalue weighted by atomic mass is 10.1. The largest absolute Gasteiger partial charge is 0.395 e. The number of aryl methyl sites for hydroxylation is 1. The minimum Gasteiger partial charge on any atom is -0.395 e. The summed E-state index contributed by atoms with van der Waals surface area (Å²) in [7, 11) is -3.34. The van der Waals surface area contributed by atoms with Crippen LogP contribution in [-0.4, -0.2) is 31.9 Å². The van der Waals surface area contributed by atoms with E-state index in [1.165, 1.54) is 5.56 Å². The van der Waals surface area contributed by atoms with Gasteiger partial charge in [0.1, 0.15) is 0 Å². The van der Waals surface area contributed by atoms with Gasteiger partial charge in [0, 0.05) is 6.04 Å². The Hall–Kier alpha value is -0.910. The van der Waals surface area contributed by atoms with Gasteiger partial charge in [0.25, 0.3) is 0 Å². The standard InChI is InChI=1S/C12H19NO3S/c1-11(13-17(15,16)10-9-14)7-8-12-5-3-2-4-6-12/h2-6,11,13-14H,7-10H2,1H3. The van der Waals surface area contributed by atoms with Gasteiger partial charge in [0.05, 0.1) is 12.4 Å². The zero-order valence-corrected chi connectivity index (χ0v) is 10.8. The van der Waals surface area contributed by atoms with E-state index in [9.17, 15) is 8.42 Å². The van der Waals surface area contributed by atoms with Crippen LogP contribution in [-0.2, 0) is 16.4 Å². The van der Waals surface area contributed by atoms with Crippen LogP contribution in [0.15, 0.2) is 30.3 Å². The highest BCUT2D eigenvalue weighted by Gasteiger charge is 2.13. The van der Waals surface area contributed by atoms with Gasteiger partial charge in [-0.05, 0) is 25.3 Å². The Morgan fingerprint density at radius 1 is 1.29 bits per heavy atom. The summed E-state index contributed by atoms with van der Waals surface area (Å²) in [6, 6.07) is 9.82. The number of hydrogen-bond acceptors (Lipinski definition) is 3. The van der Waals surface area contributed by atoms with Crippen molar-refractivity contribution in [3.63, 3.8) is 0 Å². The van der Waals surface area contributed by atoms with Crippen LogP contribution in [0.2, 0.25) is 0 Å². The fourth-order valence-electron chi connectivity index (χ4n) is 1.57. The summed E-state index contributed by atoms with van der Waals surface area (Å²) in [5.41, 5.74) is 1.20. The Balaban J connectivity index is 2.38. The quantitative estimate of drug-likeness (QED) is 0.763. The molecule has 0 aliphatic carbocycles. The molecule has 0 heterocycles. The first kappa shape index (κ1) is 14.2. The smallest absolute Gasteiger partial charge is 0.214 e. The molecule has 17 heavy (non-hydrogen) atoms. The normalized spacial score (nSPS) is 13.5. The summed E-state index contributed by atoms with van der Waals surface area (Å²) in [6.07, 6.45) is 1.58. The molecule has 0 aliphatic heterocycles. The SMILES string of the molecule is CC(CCc1ccccc1)NS(=O)(=O)CCO. The van der Waals surface area contributed by atoms with Crippen LogP contribution in [0.25, 0.3) is 0 Å². The first-order valence-corrected chi connectivity index (χ1v) is 7.33. The molecule has 0 spiro atoms. The van der Waals surface area contributed by atoms with E-state index in [1.807, 2.05) is 37.3 Å². The first-order chi connectivity index (χ1) is 8.03. The van der Waals surface area contributed by atoms with Gasteiger partial charge in [-0.2, -0.15) is 0 Å². The summed E-state index contributed by atoms with van der Waals surface area (Å²) >= 11 is 0. The molecule has 1 atom stereocenters. The second kappa shape index (κ2) is 6.74. The van der Waals surface area contributed by atoms with Crippen LogP contribution in [0.5, 0.6) is 0 Å². The van der Waals surface area contributed by atoms with Gasteiger partial charge in [-0.15, -0.1) is 0 Å².